The van der Waals surface area contributed by atoms with Gasteiger partial charge in [-0.25, -0.2) is 9.59 Å². The molecule has 2 aromatic rings. The number of benzene rings is 1. The number of aromatic nitrogens is 1. The molecule has 0 aliphatic carbocycles. The average Bonchev–Trinajstić information content (AvgIpc) is 3.02. The zero-order valence-electron chi connectivity index (χ0n) is 12.5. The molecule has 3 rings (SSSR count). The van der Waals surface area contributed by atoms with Crippen LogP contribution < -0.4 is 0 Å². The number of nitrogens with one attached hydrogen (secondary N) is 1. The van der Waals surface area contributed by atoms with Crippen molar-refractivity contribution in [3.63, 3.8) is 0 Å². The van der Waals surface area contributed by atoms with E-state index in [9.17, 15) is 0 Å². The van der Waals surface area contributed by atoms with Crippen LogP contribution in [0.25, 0.3) is 17.0 Å². The van der Waals surface area contributed by atoms with E-state index in [1.54, 1.807) is 0 Å². The molecule has 0 radical (unpaired) electrons. The highest BCUT2D eigenvalue weighted by Gasteiger charge is 2.04. The second kappa shape index (κ2) is 7.84. The van der Waals surface area contributed by atoms with E-state index in [0.29, 0.717) is 0 Å². The number of hydrogen-bond donors (Lipinski definition) is 3. The Kier molecular flexibility index (Phi) is 5.57. The molecule has 1 aliphatic rings. The molecule has 0 atom stereocenters. The Labute approximate surface area is 133 Å². The molecule has 0 saturated heterocycles. The lowest BCUT2D eigenvalue weighted by Crippen LogP contribution is -2.20. The van der Waals surface area contributed by atoms with Gasteiger partial charge < -0.3 is 20.1 Å². The number of aliphatic carboxylic acids is 2. The summed E-state index contributed by atoms with van der Waals surface area (Å²) in [5, 5.41) is 16.1. The quantitative estimate of drug-likeness (QED) is 0.585. The van der Waals surface area contributed by atoms with Crippen LogP contribution in [-0.2, 0) is 9.59 Å². The Morgan fingerprint density at radius 2 is 1.91 bits per heavy atom. The third-order valence-corrected chi connectivity index (χ3v) is 3.33. The summed E-state index contributed by atoms with van der Waals surface area (Å²) in [4.78, 5) is 23.7. The van der Waals surface area contributed by atoms with Crippen molar-refractivity contribution in [2.45, 2.75) is 6.42 Å². The first kappa shape index (κ1) is 16.4. The van der Waals surface area contributed by atoms with Crippen molar-refractivity contribution in [2.75, 3.05) is 13.1 Å². The highest BCUT2D eigenvalue weighted by Crippen LogP contribution is 2.15. The summed E-state index contributed by atoms with van der Waals surface area (Å²) in [7, 11) is 0. The highest BCUT2D eigenvalue weighted by atomic mass is 16.4. The van der Waals surface area contributed by atoms with Crippen molar-refractivity contribution in [2.24, 2.45) is 0 Å². The van der Waals surface area contributed by atoms with E-state index in [4.69, 9.17) is 19.8 Å². The highest BCUT2D eigenvalue weighted by molar-refractivity contribution is 6.27. The molecule has 1 aliphatic heterocycles. The van der Waals surface area contributed by atoms with E-state index < -0.39 is 11.9 Å². The maximum Gasteiger partial charge on any atom is 0.414 e. The molecule has 0 saturated carbocycles. The Hall–Kier alpha value is -3.02. The zero-order chi connectivity index (χ0) is 16.7. The molecule has 0 amide bonds. The van der Waals surface area contributed by atoms with Gasteiger partial charge in [0.15, 0.2) is 0 Å². The molecule has 1 aromatic carbocycles. The number of aromatic amines is 1. The van der Waals surface area contributed by atoms with Crippen molar-refractivity contribution < 1.29 is 19.8 Å². The fraction of sp³-hybridized carbons (Fsp3) is 0.176. The number of carboxylic acids is 2. The summed E-state index contributed by atoms with van der Waals surface area (Å²) in [5.74, 6) is -3.65. The van der Waals surface area contributed by atoms with Gasteiger partial charge in [0.05, 0.1) is 0 Å². The monoisotopic (exact) mass is 314 g/mol. The molecule has 0 fully saturated rings. The maximum absolute atomic E-state index is 9.10. The van der Waals surface area contributed by atoms with Crippen LogP contribution in [0.3, 0.4) is 0 Å². The van der Waals surface area contributed by atoms with Crippen LogP contribution in [0.1, 0.15) is 12.0 Å². The number of carboxylic acid groups (broad SMARTS) is 2. The predicted molar refractivity (Wildman–Crippen MR) is 87.9 cm³/mol. The van der Waals surface area contributed by atoms with Gasteiger partial charge >= 0.3 is 11.9 Å². The van der Waals surface area contributed by atoms with Crippen LogP contribution in [-0.4, -0.2) is 45.1 Å². The first-order chi connectivity index (χ1) is 11.1. The molecule has 0 spiro atoms. The number of carbonyl (C=O) groups is 2. The van der Waals surface area contributed by atoms with E-state index in [2.05, 4.69) is 58.6 Å². The van der Waals surface area contributed by atoms with Gasteiger partial charge in [-0.15, -0.1) is 0 Å². The van der Waals surface area contributed by atoms with Crippen molar-refractivity contribution in [1.29, 1.82) is 0 Å². The van der Waals surface area contributed by atoms with Crippen molar-refractivity contribution in [3.05, 3.63) is 54.4 Å². The third-order valence-electron chi connectivity index (χ3n) is 3.33. The summed E-state index contributed by atoms with van der Waals surface area (Å²) < 4.78 is 0. The predicted octanol–water partition coefficient (Wildman–Crippen LogP) is 2.56. The molecule has 2 heterocycles. The summed E-state index contributed by atoms with van der Waals surface area (Å²) in [6.45, 7) is 2.16. The van der Waals surface area contributed by atoms with Gasteiger partial charge in [0, 0.05) is 24.8 Å². The Morgan fingerprint density at radius 1 is 1.13 bits per heavy atom. The average molecular weight is 314 g/mol. The minimum absolute atomic E-state index is 1.03. The van der Waals surface area contributed by atoms with Crippen molar-refractivity contribution in [3.8, 4) is 0 Å². The summed E-state index contributed by atoms with van der Waals surface area (Å²) in [6, 6.07) is 8.60. The van der Waals surface area contributed by atoms with Crippen molar-refractivity contribution >= 4 is 28.9 Å². The van der Waals surface area contributed by atoms with Gasteiger partial charge in [-0.05, 0) is 47.8 Å². The lowest BCUT2D eigenvalue weighted by Gasteiger charge is -2.20. The molecule has 120 valence electrons. The Balaban J connectivity index is 0.000000277. The van der Waals surface area contributed by atoms with E-state index in [1.807, 2.05) is 6.20 Å². The second-order valence-electron chi connectivity index (χ2n) is 5.01. The maximum atomic E-state index is 9.10. The molecular formula is C17H18N2O4. The molecule has 0 bridgehead atoms. The number of nitrogens with zero attached hydrogens (tertiary/aromatic N) is 1. The lowest BCUT2D eigenvalue weighted by molar-refractivity contribution is -0.159. The fourth-order valence-electron chi connectivity index (χ4n) is 2.16. The van der Waals surface area contributed by atoms with Gasteiger partial charge in [0.25, 0.3) is 0 Å². The summed E-state index contributed by atoms with van der Waals surface area (Å²) in [5.41, 5.74) is 2.45. The largest absolute Gasteiger partial charge is 0.473 e. The Morgan fingerprint density at radius 3 is 2.57 bits per heavy atom. The number of H-pyrrole nitrogens is 1. The van der Waals surface area contributed by atoms with E-state index in [-0.39, 0.29) is 0 Å². The molecule has 3 N–H and O–H groups in total. The third kappa shape index (κ3) is 5.03. The van der Waals surface area contributed by atoms with E-state index in [0.717, 1.165) is 19.5 Å². The number of fused-ring (bicyclic) bond motifs is 1. The topological polar surface area (TPSA) is 93.6 Å². The van der Waals surface area contributed by atoms with Gasteiger partial charge in [-0.2, -0.15) is 0 Å². The van der Waals surface area contributed by atoms with Crippen LogP contribution in [0.2, 0.25) is 0 Å². The van der Waals surface area contributed by atoms with Crippen LogP contribution in [0.15, 0.2) is 48.8 Å². The molecule has 23 heavy (non-hydrogen) atoms. The summed E-state index contributed by atoms with van der Waals surface area (Å²) >= 11 is 0. The standard InChI is InChI=1S/C15H16N2.C2H2O4/c1-2-9-17(10-3-1)11-7-13-4-5-15-14(12-13)6-8-16-15;3-1(4)2(5)6/h1-2,4-8,11-12,16H,3,9-10H2;(H,3,4)(H,5,6). The minimum Gasteiger partial charge on any atom is -0.473 e. The van der Waals surface area contributed by atoms with Crippen molar-refractivity contribution in [1.82, 2.24) is 9.88 Å². The van der Waals surface area contributed by atoms with E-state index in [1.165, 1.54) is 16.5 Å². The van der Waals surface area contributed by atoms with Gasteiger partial charge in [0.2, 0.25) is 0 Å². The minimum atomic E-state index is -1.82. The SMILES string of the molecule is C1=CCN(C=Cc2ccc3[nH]ccc3c2)CC1.O=C(O)C(=O)O. The van der Waals surface area contributed by atoms with Gasteiger partial charge in [0.1, 0.15) is 0 Å². The van der Waals surface area contributed by atoms with Gasteiger partial charge in [-0.1, -0.05) is 18.2 Å². The van der Waals surface area contributed by atoms with Crippen LogP contribution >= 0.6 is 0 Å². The molecule has 6 nitrogen and oxygen atoms in total. The first-order valence-electron chi connectivity index (χ1n) is 7.17. The normalized spacial score (nSPS) is 13.8. The smallest absolute Gasteiger partial charge is 0.414 e. The van der Waals surface area contributed by atoms with E-state index >= 15 is 0 Å². The Bertz CT molecular complexity index is 734. The van der Waals surface area contributed by atoms with Gasteiger partial charge in [-0.3, -0.25) is 0 Å². The number of rotatable bonds is 2. The first-order valence-corrected chi connectivity index (χ1v) is 7.17. The summed E-state index contributed by atoms with van der Waals surface area (Å²) in [6.07, 6.45) is 12.0. The number of hydrogen-bond acceptors (Lipinski definition) is 3. The van der Waals surface area contributed by atoms with Crippen LogP contribution in [0.4, 0.5) is 0 Å². The molecule has 0 unspecified atom stereocenters. The molecule has 1 aromatic heterocycles. The van der Waals surface area contributed by atoms with Crippen LogP contribution in [0.5, 0.6) is 0 Å². The fourth-order valence-corrected chi connectivity index (χ4v) is 2.16. The zero-order valence-corrected chi connectivity index (χ0v) is 12.5. The van der Waals surface area contributed by atoms with Crippen LogP contribution in [0, 0.1) is 0 Å². The second-order valence-corrected chi connectivity index (χ2v) is 5.01. The molecular weight excluding hydrogens is 296 g/mol. The molecule has 6 heteroatoms. The lowest BCUT2D eigenvalue weighted by atomic mass is 10.1.